The van der Waals surface area contributed by atoms with Crippen molar-refractivity contribution >= 4 is 21.9 Å². The molecule has 0 radical (unpaired) electrons. The molecule has 0 aliphatic rings. The molecular formula is C11H10BrN3O2. The molecule has 1 heterocycles. The molecule has 5 nitrogen and oxygen atoms in total. The summed E-state index contributed by atoms with van der Waals surface area (Å²) in [5.41, 5.74) is 1.03. The number of hydrogen-bond acceptors (Lipinski definition) is 4. The number of aromatic nitrogens is 3. The number of rotatable bonds is 3. The van der Waals surface area contributed by atoms with Gasteiger partial charge in [-0.3, -0.25) is 0 Å². The molecule has 0 bridgehead atoms. The highest BCUT2D eigenvalue weighted by Gasteiger charge is 2.11. The molecule has 1 aromatic heterocycles. The SMILES string of the molecule is CCOC(=O)c1cn(-c2ccc(Br)cc2)nn1. The van der Waals surface area contributed by atoms with E-state index < -0.39 is 5.97 Å². The molecule has 1 aromatic carbocycles. The maximum absolute atomic E-state index is 11.4. The normalized spacial score (nSPS) is 10.2. The Labute approximate surface area is 107 Å². The average molecular weight is 296 g/mol. The van der Waals surface area contributed by atoms with Gasteiger partial charge in [0.15, 0.2) is 5.69 Å². The quantitative estimate of drug-likeness (QED) is 0.815. The lowest BCUT2D eigenvalue weighted by Crippen LogP contribution is -2.04. The van der Waals surface area contributed by atoms with Crippen molar-refractivity contribution in [3.05, 3.63) is 40.6 Å². The number of hydrogen-bond donors (Lipinski definition) is 0. The first-order valence-electron chi connectivity index (χ1n) is 5.06. The molecule has 0 spiro atoms. The molecule has 0 unspecified atom stereocenters. The number of carbonyl (C=O) groups excluding carboxylic acids is 1. The molecule has 88 valence electrons. The highest BCUT2D eigenvalue weighted by molar-refractivity contribution is 9.10. The standard InChI is InChI=1S/C11H10BrN3O2/c1-2-17-11(16)10-7-15(14-13-10)9-5-3-8(12)4-6-9/h3-7H,2H2,1H3. The van der Waals surface area contributed by atoms with Crippen molar-refractivity contribution in [2.75, 3.05) is 6.61 Å². The molecule has 0 N–H and O–H groups in total. The van der Waals surface area contributed by atoms with Gasteiger partial charge in [-0.2, -0.15) is 0 Å². The summed E-state index contributed by atoms with van der Waals surface area (Å²) in [6.45, 7) is 2.07. The molecule has 0 fully saturated rings. The molecular weight excluding hydrogens is 286 g/mol. The summed E-state index contributed by atoms with van der Waals surface area (Å²) in [5.74, 6) is -0.462. The van der Waals surface area contributed by atoms with E-state index in [2.05, 4.69) is 26.2 Å². The van der Waals surface area contributed by atoms with E-state index in [0.29, 0.717) is 6.61 Å². The molecule has 0 amide bonds. The summed E-state index contributed by atoms with van der Waals surface area (Å²) in [7, 11) is 0. The molecule has 0 aliphatic carbocycles. The van der Waals surface area contributed by atoms with Gasteiger partial charge in [-0.05, 0) is 31.2 Å². The minimum atomic E-state index is -0.462. The fraction of sp³-hybridized carbons (Fsp3) is 0.182. The van der Waals surface area contributed by atoms with Crippen LogP contribution >= 0.6 is 15.9 Å². The van der Waals surface area contributed by atoms with Crippen LogP contribution in [0.2, 0.25) is 0 Å². The number of halogens is 1. The van der Waals surface area contributed by atoms with Gasteiger partial charge in [0.25, 0.3) is 0 Å². The van der Waals surface area contributed by atoms with E-state index in [1.165, 1.54) is 4.68 Å². The Balaban J connectivity index is 2.23. The zero-order valence-corrected chi connectivity index (χ0v) is 10.7. The summed E-state index contributed by atoms with van der Waals surface area (Å²) in [4.78, 5) is 11.4. The van der Waals surface area contributed by atoms with Crippen LogP contribution in [-0.4, -0.2) is 27.6 Å². The van der Waals surface area contributed by atoms with Crippen molar-refractivity contribution in [3.63, 3.8) is 0 Å². The van der Waals surface area contributed by atoms with Crippen molar-refractivity contribution in [1.82, 2.24) is 15.0 Å². The van der Waals surface area contributed by atoms with Gasteiger partial charge in [-0.1, -0.05) is 21.1 Å². The Morgan fingerprint density at radius 1 is 1.41 bits per heavy atom. The first-order chi connectivity index (χ1) is 8.20. The lowest BCUT2D eigenvalue weighted by Gasteiger charge is -1.99. The Hall–Kier alpha value is -1.69. The van der Waals surface area contributed by atoms with E-state index in [4.69, 9.17) is 4.74 Å². The third-order valence-corrected chi connectivity index (χ3v) is 2.60. The third kappa shape index (κ3) is 2.71. The first-order valence-corrected chi connectivity index (χ1v) is 5.85. The van der Waals surface area contributed by atoms with Crippen LogP contribution in [0.5, 0.6) is 0 Å². The van der Waals surface area contributed by atoms with Crippen molar-refractivity contribution in [3.8, 4) is 5.69 Å². The van der Waals surface area contributed by atoms with Gasteiger partial charge in [-0.15, -0.1) is 5.10 Å². The zero-order chi connectivity index (χ0) is 12.3. The number of ether oxygens (including phenoxy) is 1. The van der Waals surface area contributed by atoms with E-state index >= 15 is 0 Å². The number of nitrogens with zero attached hydrogens (tertiary/aromatic N) is 3. The average Bonchev–Trinajstić information content (AvgIpc) is 2.80. The van der Waals surface area contributed by atoms with Crippen LogP contribution in [-0.2, 0) is 4.74 Å². The molecule has 0 saturated heterocycles. The monoisotopic (exact) mass is 295 g/mol. The lowest BCUT2D eigenvalue weighted by atomic mass is 10.3. The summed E-state index contributed by atoms with van der Waals surface area (Å²) in [6, 6.07) is 7.52. The molecule has 17 heavy (non-hydrogen) atoms. The van der Waals surface area contributed by atoms with E-state index in [0.717, 1.165) is 10.2 Å². The Bertz CT molecular complexity index is 522. The van der Waals surface area contributed by atoms with E-state index in [1.807, 2.05) is 24.3 Å². The maximum Gasteiger partial charge on any atom is 0.360 e. The number of benzene rings is 1. The van der Waals surface area contributed by atoms with Gasteiger partial charge in [0, 0.05) is 4.47 Å². The Morgan fingerprint density at radius 2 is 2.12 bits per heavy atom. The molecule has 6 heteroatoms. The minimum Gasteiger partial charge on any atom is -0.461 e. The van der Waals surface area contributed by atoms with Gasteiger partial charge in [0.05, 0.1) is 18.5 Å². The minimum absolute atomic E-state index is 0.203. The van der Waals surface area contributed by atoms with Crippen LogP contribution in [0, 0.1) is 0 Å². The first kappa shape index (κ1) is 11.8. The van der Waals surface area contributed by atoms with E-state index in [9.17, 15) is 4.79 Å². The summed E-state index contributed by atoms with van der Waals surface area (Å²) < 4.78 is 7.34. The number of esters is 1. The highest BCUT2D eigenvalue weighted by Crippen LogP contribution is 2.13. The molecule has 0 aliphatic heterocycles. The third-order valence-electron chi connectivity index (χ3n) is 2.07. The van der Waals surface area contributed by atoms with Crippen molar-refractivity contribution in [1.29, 1.82) is 0 Å². The van der Waals surface area contributed by atoms with Crippen molar-refractivity contribution in [2.45, 2.75) is 6.92 Å². The topological polar surface area (TPSA) is 57.0 Å². The van der Waals surface area contributed by atoms with Gasteiger partial charge < -0.3 is 4.74 Å². The molecule has 2 aromatic rings. The molecule has 0 saturated carbocycles. The Kier molecular flexibility index (Phi) is 3.53. The van der Waals surface area contributed by atoms with E-state index in [1.54, 1.807) is 13.1 Å². The van der Waals surface area contributed by atoms with Gasteiger partial charge in [0.2, 0.25) is 0 Å². The zero-order valence-electron chi connectivity index (χ0n) is 9.13. The number of carbonyl (C=O) groups is 1. The predicted molar refractivity (Wildman–Crippen MR) is 65.0 cm³/mol. The predicted octanol–water partition coefficient (Wildman–Crippen LogP) is 2.21. The second-order valence-electron chi connectivity index (χ2n) is 3.25. The smallest absolute Gasteiger partial charge is 0.360 e. The second kappa shape index (κ2) is 5.09. The fourth-order valence-electron chi connectivity index (χ4n) is 1.28. The maximum atomic E-state index is 11.4. The largest absolute Gasteiger partial charge is 0.461 e. The van der Waals surface area contributed by atoms with Crippen LogP contribution in [0.1, 0.15) is 17.4 Å². The summed E-state index contributed by atoms with van der Waals surface area (Å²) in [6.07, 6.45) is 1.54. The fourth-order valence-corrected chi connectivity index (χ4v) is 1.55. The summed E-state index contributed by atoms with van der Waals surface area (Å²) in [5, 5.41) is 7.63. The molecule has 0 atom stereocenters. The van der Waals surface area contributed by atoms with E-state index in [-0.39, 0.29) is 5.69 Å². The van der Waals surface area contributed by atoms with Gasteiger partial charge >= 0.3 is 5.97 Å². The van der Waals surface area contributed by atoms with Gasteiger partial charge in [-0.25, -0.2) is 9.48 Å². The Morgan fingerprint density at radius 3 is 2.76 bits per heavy atom. The van der Waals surface area contributed by atoms with Crippen molar-refractivity contribution in [2.24, 2.45) is 0 Å². The van der Waals surface area contributed by atoms with Crippen LogP contribution < -0.4 is 0 Å². The second-order valence-corrected chi connectivity index (χ2v) is 4.16. The lowest BCUT2D eigenvalue weighted by molar-refractivity contribution is 0.0519. The van der Waals surface area contributed by atoms with Gasteiger partial charge in [0.1, 0.15) is 0 Å². The van der Waals surface area contributed by atoms with Crippen LogP contribution in [0.15, 0.2) is 34.9 Å². The van der Waals surface area contributed by atoms with Crippen LogP contribution in [0.3, 0.4) is 0 Å². The van der Waals surface area contributed by atoms with Crippen LogP contribution in [0.25, 0.3) is 5.69 Å². The van der Waals surface area contributed by atoms with Crippen molar-refractivity contribution < 1.29 is 9.53 Å². The van der Waals surface area contributed by atoms with Crippen LogP contribution in [0.4, 0.5) is 0 Å². The molecule has 2 rings (SSSR count). The highest BCUT2D eigenvalue weighted by atomic mass is 79.9. The summed E-state index contributed by atoms with van der Waals surface area (Å²) >= 11 is 3.35.